The smallest absolute Gasteiger partial charge is 0.200 e. The van der Waals surface area contributed by atoms with Crippen LogP contribution in [0.4, 0.5) is 0 Å². The number of rotatable bonds is 7. The minimum absolute atomic E-state index is 0. The van der Waals surface area contributed by atoms with E-state index >= 15 is 0 Å². The van der Waals surface area contributed by atoms with Crippen LogP contribution in [-0.4, -0.2) is 41.6 Å². The average molecular weight is 394 g/mol. The lowest BCUT2D eigenvalue weighted by atomic mass is 10.1. The number of aliphatic hydroxyl groups excluding tert-OH is 2. The minimum atomic E-state index is -0.680. The van der Waals surface area contributed by atoms with E-state index in [0.29, 0.717) is 34.2 Å². The Morgan fingerprint density at radius 3 is 2.59 bits per heavy atom. The molecular weight excluding hydrogens is 370 g/mol. The van der Waals surface area contributed by atoms with E-state index in [1.54, 1.807) is 36.4 Å². The van der Waals surface area contributed by atoms with Crippen LogP contribution in [0, 0.1) is 0 Å². The highest BCUT2D eigenvalue weighted by Crippen LogP contribution is 2.22. The van der Waals surface area contributed by atoms with Gasteiger partial charge >= 0.3 is 0 Å². The predicted octanol–water partition coefficient (Wildman–Crippen LogP) is -1.98. The quantitative estimate of drug-likeness (QED) is 0.404. The number of halogens is 1. The fourth-order valence-corrected chi connectivity index (χ4v) is 2.65. The van der Waals surface area contributed by atoms with Crippen molar-refractivity contribution in [2.75, 3.05) is 19.8 Å². The molecule has 3 aromatic rings. The van der Waals surface area contributed by atoms with Gasteiger partial charge < -0.3 is 37.1 Å². The van der Waals surface area contributed by atoms with Gasteiger partial charge in [-0.15, -0.1) is 0 Å². The first-order chi connectivity index (χ1) is 12.4. The summed E-state index contributed by atoms with van der Waals surface area (Å²) in [5.74, 6) is 0.524. The Labute approximate surface area is 163 Å². The molecule has 2 aromatic carbocycles. The molecule has 4 N–H and O–H groups in total. The highest BCUT2D eigenvalue weighted by atomic mass is 35.5. The third kappa shape index (κ3) is 4.99. The van der Waals surface area contributed by atoms with Crippen LogP contribution in [0.25, 0.3) is 21.9 Å². The first kappa shape index (κ1) is 21.2. The largest absolute Gasteiger partial charge is 1.00 e. The van der Waals surface area contributed by atoms with E-state index in [1.165, 1.54) is 0 Å². The molecule has 0 bridgehead atoms. The van der Waals surface area contributed by atoms with Gasteiger partial charge in [-0.05, 0) is 38.1 Å². The van der Waals surface area contributed by atoms with Gasteiger partial charge in [0, 0.05) is 6.07 Å². The Hall–Kier alpha value is -2.12. The summed E-state index contributed by atoms with van der Waals surface area (Å²) in [6.07, 6.45) is -0.680. The van der Waals surface area contributed by atoms with Gasteiger partial charge in [0.15, 0.2) is 0 Å². The molecule has 0 saturated carbocycles. The maximum atomic E-state index is 12.5. The fourth-order valence-electron chi connectivity index (χ4n) is 2.65. The normalized spacial score (nSPS) is 12.7. The number of hydrogen-bond acceptors (Lipinski definition) is 5. The van der Waals surface area contributed by atoms with Gasteiger partial charge in [0.1, 0.15) is 41.7 Å². The Bertz CT molecular complexity index is 969. The highest BCUT2D eigenvalue weighted by molar-refractivity contribution is 5.90. The molecule has 1 heterocycles. The molecule has 0 radical (unpaired) electrons. The van der Waals surface area contributed by atoms with E-state index in [1.807, 2.05) is 25.2 Å². The van der Waals surface area contributed by atoms with Crippen molar-refractivity contribution < 1.29 is 37.1 Å². The third-order valence-electron chi connectivity index (χ3n) is 4.34. The zero-order valence-electron chi connectivity index (χ0n) is 15.3. The number of nitrogens with two attached hydrogens (primary N) is 1. The molecule has 27 heavy (non-hydrogen) atoms. The van der Waals surface area contributed by atoms with Crippen molar-refractivity contribution in [2.24, 2.45) is 0 Å². The molecule has 0 aliphatic heterocycles. The summed E-state index contributed by atoms with van der Waals surface area (Å²) < 4.78 is 11.4. The van der Waals surface area contributed by atoms with Crippen LogP contribution in [-0.2, 0) is 0 Å². The second kappa shape index (κ2) is 8.71. The second-order valence-electron chi connectivity index (χ2n) is 7.14. The van der Waals surface area contributed by atoms with Crippen LogP contribution >= 0.6 is 0 Å². The summed E-state index contributed by atoms with van der Waals surface area (Å²) in [7, 11) is 0. The lowest BCUT2D eigenvalue weighted by Crippen LogP contribution is -3.00. The van der Waals surface area contributed by atoms with E-state index in [4.69, 9.17) is 9.15 Å². The molecule has 1 aromatic heterocycles. The molecule has 0 spiro atoms. The molecule has 0 amide bonds. The number of quaternary nitrogens is 1. The Balaban J connectivity index is 0.00000261. The zero-order chi connectivity index (χ0) is 18.7. The van der Waals surface area contributed by atoms with Crippen LogP contribution in [0.15, 0.2) is 51.7 Å². The van der Waals surface area contributed by atoms with Crippen molar-refractivity contribution in [3.63, 3.8) is 0 Å². The Morgan fingerprint density at radius 1 is 1.15 bits per heavy atom. The third-order valence-corrected chi connectivity index (χ3v) is 4.34. The van der Waals surface area contributed by atoms with Crippen LogP contribution < -0.4 is 27.9 Å². The molecule has 146 valence electrons. The standard InChI is InChI=1S/C20H23NO5.ClH/c1-20(2,12-22)21-10-13(23)11-25-14-7-8-16-18(9-14)26-17-6-4-3-5-15(17)19(16)24;/h3-9,13,21-23H,10-12H2,1-2H3;1H. The van der Waals surface area contributed by atoms with E-state index in [0.717, 1.165) is 0 Å². The molecule has 0 aliphatic carbocycles. The molecule has 0 saturated heterocycles. The molecule has 3 rings (SSSR count). The van der Waals surface area contributed by atoms with Gasteiger partial charge in [0.2, 0.25) is 5.43 Å². The summed E-state index contributed by atoms with van der Waals surface area (Å²) in [5, 5.41) is 22.2. The minimum Gasteiger partial charge on any atom is -1.00 e. The number of benzene rings is 2. The maximum Gasteiger partial charge on any atom is 0.200 e. The molecular formula is C20H24ClNO5. The molecule has 7 heteroatoms. The number of hydrogen-bond donors (Lipinski definition) is 3. The zero-order valence-corrected chi connectivity index (χ0v) is 16.1. The van der Waals surface area contributed by atoms with Crippen LogP contribution in [0.5, 0.6) is 5.75 Å². The van der Waals surface area contributed by atoms with Crippen molar-refractivity contribution in [1.82, 2.24) is 0 Å². The lowest BCUT2D eigenvalue weighted by Gasteiger charge is -2.21. The lowest BCUT2D eigenvalue weighted by molar-refractivity contribution is -0.727. The van der Waals surface area contributed by atoms with E-state index < -0.39 is 6.10 Å². The van der Waals surface area contributed by atoms with E-state index in [2.05, 4.69) is 0 Å². The summed E-state index contributed by atoms with van der Waals surface area (Å²) >= 11 is 0. The van der Waals surface area contributed by atoms with Gasteiger partial charge in [-0.3, -0.25) is 4.79 Å². The van der Waals surface area contributed by atoms with Gasteiger partial charge in [-0.25, -0.2) is 0 Å². The van der Waals surface area contributed by atoms with Gasteiger partial charge in [0.05, 0.1) is 17.4 Å². The summed E-state index contributed by atoms with van der Waals surface area (Å²) in [6, 6.07) is 12.2. The van der Waals surface area contributed by atoms with Gasteiger partial charge in [-0.2, -0.15) is 0 Å². The SMILES string of the molecule is CC(C)(CO)[NH2+]CC(O)COc1ccc2c(=O)c3ccccc3oc2c1.[Cl-]. The Kier molecular flexibility index (Phi) is 6.84. The van der Waals surface area contributed by atoms with E-state index in [-0.39, 0.29) is 36.6 Å². The number of ether oxygens (including phenoxy) is 1. The maximum absolute atomic E-state index is 12.5. The topological polar surface area (TPSA) is 96.5 Å². The number of aliphatic hydroxyl groups is 2. The monoisotopic (exact) mass is 393 g/mol. The molecule has 6 nitrogen and oxygen atoms in total. The first-order valence-corrected chi connectivity index (χ1v) is 8.61. The predicted molar refractivity (Wildman–Crippen MR) is 99.4 cm³/mol. The Morgan fingerprint density at radius 2 is 1.85 bits per heavy atom. The summed E-state index contributed by atoms with van der Waals surface area (Å²) in [6.45, 7) is 4.35. The van der Waals surface area contributed by atoms with Gasteiger partial charge in [0.25, 0.3) is 0 Å². The number of para-hydroxylation sites is 1. The first-order valence-electron chi connectivity index (χ1n) is 8.61. The average Bonchev–Trinajstić information content (AvgIpc) is 2.65. The molecule has 1 unspecified atom stereocenters. The van der Waals surface area contributed by atoms with Crippen LogP contribution in [0.3, 0.4) is 0 Å². The second-order valence-corrected chi connectivity index (χ2v) is 7.14. The van der Waals surface area contributed by atoms with Crippen molar-refractivity contribution in [1.29, 1.82) is 0 Å². The highest BCUT2D eigenvalue weighted by Gasteiger charge is 2.21. The van der Waals surface area contributed by atoms with E-state index in [9.17, 15) is 15.0 Å². The molecule has 0 fully saturated rings. The van der Waals surface area contributed by atoms with Crippen molar-refractivity contribution in [2.45, 2.75) is 25.5 Å². The molecule has 1 atom stereocenters. The van der Waals surface area contributed by atoms with Crippen molar-refractivity contribution in [3.05, 3.63) is 52.7 Å². The number of fused-ring (bicyclic) bond motifs is 2. The summed E-state index contributed by atoms with van der Waals surface area (Å²) in [5.41, 5.74) is 0.569. The van der Waals surface area contributed by atoms with Crippen molar-refractivity contribution >= 4 is 21.9 Å². The van der Waals surface area contributed by atoms with Crippen LogP contribution in [0.1, 0.15) is 13.8 Å². The van der Waals surface area contributed by atoms with Crippen molar-refractivity contribution in [3.8, 4) is 5.75 Å². The fraction of sp³-hybridized carbons (Fsp3) is 0.350. The molecule has 0 aliphatic rings. The summed E-state index contributed by atoms with van der Waals surface area (Å²) in [4.78, 5) is 12.5. The van der Waals surface area contributed by atoms with Crippen LogP contribution in [0.2, 0.25) is 0 Å². The van der Waals surface area contributed by atoms with Gasteiger partial charge in [-0.1, -0.05) is 12.1 Å².